The summed E-state index contributed by atoms with van der Waals surface area (Å²) < 4.78 is 0. The summed E-state index contributed by atoms with van der Waals surface area (Å²) in [6, 6.07) is 0. The Morgan fingerprint density at radius 2 is 1.18 bits per heavy atom. The van der Waals surface area contributed by atoms with Gasteiger partial charge in [-0.15, -0.1) is 0 Å². The third-order valence-electron chi connectivity index (χ3n) is 4.86. The summed E-state index contributed by atoms with van der Waals surface area (Å²) >= 11 is 0. The quantitative estimate of drug-likeness (QED) is 0.201. The normalized spacial score (nSPS) is 11.1. The van der Waals surface area contributed by atoms with Gasteiger partial charge in [-0.1, -0.05) is 57.6 Å². The fourth-order valence-electron chi connectivity index (χ4n) is 3.08. The predicted molar refractivity (Wildman–Crippen MR) is 117 cm³/mol. The summed E-state index contributed by atoms with van der Waals surface area (Å²) in [7, 11) is 0. The van der Waals surface area contributed by atoms with Crippen molar-refractivity contribution in [1.82, 2.24) is 5.32 Å². The van der Waals surface area contributed by atoms with Gasteiger partial charge in [0.05, 0.1) is 6.54 Å². The molecular weight excluding hydrogens is 350 g/mol. The molecule has 0 aromatic heterocycles. The first-order chi connectivity index (χ1) is 13.6. The van der Waals surface area contributed by atoms with Crippen molar-refractivity contribution in [2.24, 2.45) is 0 Å². The Balaban J connectivity index is 3.31. The molecule has 0 rings (SSSR count). The van der Waals surface area contributed by atoms with E-state index in [-0.39, 0.29) is 18.2 Å². The number of amides is 1. The number of nitrogens with one attached hydrogen (secondary N) is 1. The van der Waals surface area contributed by atoms with Crippen LogP contribution >= 0.6 is 0 Å². The Morgan fingerprint density at radius 1 is 0.679 bits per heavy atom. The number of carbonyl (C=O) groups excluding carboxylic acids is 3. The number of hydrogen-bond acceptors (Lipinski definition) is 3. The Bertz CT molecular complexity index is 443. The predicted octanol–water partition coefficient (Wildman–Crippen LogP) is 6.08. The third kappa shape index (κ3) is 20.9. The molecule has 162 valence electrons. The highest BCUT2D eigenvalue weighted by molar-refractivity contribution is 5.84. The second kappa shape index (κ2) is 20.3. The van der Waals surface area contributed by atoms with Crippen LogP contribution in [-0.2, 0) is 14.4 Å². The minimum Gasteiger partial charge on any atom is -0.349 e. The maximum absolute atomic E-state index is 11.7. The highest BCUT2D eigenvalue weighted by Gasteiger charge is 2.02. The van der Waals surface area contributed by atoms with Crippen molar-refractivity contribution in [1.29, 1.82) is 0 Å². The molecule has 0 aliphatic rings. The van der Waals surface area contributed by atoms with Gasteiger partial charge in [0.15, 0.2) is 0 Å². The standard InChI is InChI=1S/C24H43NO3/c1-3-4-5-15-18-23(27)19-16-13-11-9-7-6-8-10-12-14-17-20-24(28)25-21-22(2)26/h6-7H,3-5,8-21H2,1-2H3,(H,25,28)/b7-6-. The lowest BCUT2D eigenvalue weighted by molar-refractivity contribution is -0.124. The van der Waals surface area contributed by atoms with Crippen LogP contribution in [0.5, 0.6) is 0 Å². The monoisotopic (exact) mass is 393 g/mol. The maximum atomic E-state index is 11.7. The molecular formula is C24H43NO3. The van der Waals surface area contributed by atoms with Crippen molar-refractivity contribution in [3.8, 4) is 0 Å². The van der Waals surface area contributed by atoms with E-state index in [1.807, 2.05) is 0 Å². The average molecular weight is 394 g/mol. The molecule has 0 spiro atoms. The van der Waals surface area contributed by atoms with Crippen LogP contribution in [0.1, 0.15) is 117 Å². The van der Waals surface area contributed by atoms with Gasteiger partial charge in [-0.05, 0) is 51.9 Å². The molecule has 0 aromatic carbocycles. The van der Waals surface area contributed by atoms with E-state index in [0.29, 0.717) is 12.2 Å². The Kier molecular flexibility index (Phi) is 19.2. The first-order valence-electron chi connectivity index (χ1n) is 11.5. The van der Waals surface area contributed by atoms with Gasteiger partial charge in [-0.25, -0.2) is 0 Å². The first kappa shape index (κ1) is 26.6. The molecule has 0 heterocycles. The summed E-state index contributed by atoms with van der Waals surface area (Å²) in [4.78, 5) is 33.9. The number of hydrogen-bond donors (Lipinski definition) is 1. The van der Waals surface area contributed by atoms with Gasteiger partial charge in [0.2, 0.25) is 5.91 Å². The van der Waals surface area contributed by atoms with E-state index in [2.05, 4.69) is 24.4 Å². The van der Waals surface area contributed by atoms with Crippen LogP contribution in [-0.4, -0.2) is 24.0 Å². The van der Waals surface area contributed by atoms with E-state index >= 15 is 0 Å². The van der Waals surface area contributed by atoms with Gasteiger partial charge in [-0.3, -0.25) is 14.4 Å². The SMILES string of the molecule is CCCCCCC(=O)CCCCC/C=C\CCCCCCC(=O)NCC(C)=O. The molecule has 4 nitrogen and oxygen atoms in total. The summed E-state index contributed by atoms with van der Waals surface area (Å²) in [6.07, 6.45) is 21.2. The minimum absolute atomic E-state index is 0.00793. The molecule has 4 heteroatoms. The summed E-state index contributed by atoms with van der Waals surface area (Å²) in [5, 5.41) is 2.62. The van der Waals surface area contributed by atoms with E-state index in [4.69, 9.17) is 0 Å². The maximum Gasteiger partial charge on any atom is 0.220 e. The van der Waals surface area contributed by atoms with Gasteiger partial charge < -0.3 is 5.32 Å². The van der Waals surface area contributed by atoms with Gasteiger partial charge in [0, 0.05) is 19.3 Å². The topological polar surface area (TPSA) is 63.2 Å². The molecule has 0 aliphatic heterocycles. The van der Waals surface area contributed by atoms with Crippen molar-refractivity contribution in [3.63, 3.8) is 0 Å². The Morgan fingerprint density at radius 3 is 1.75 bits per heavy atom. The number of unbranched alkanes of at least 4 members (excludes halogenated alkanes) is 10. The fraction of sp³-hybridized carbons (Fsp3) is 0.792. The molecule has 0 saturated heterocycles. The Hall–Kier alpha value is -1.45. The van der Waals surface area contributed by atoms with Crippen LogP contribution in [0.3, 0.4) is 0 Å². The van der Waals surface area contributed by atoms with E-state index in [0.717, 1.165) is 70.6 Å². The van der Waals surface area contributed by atoms with Gasteiger partial charge >= 0.3 is 0 Å². The highest BCUT2D eigenvalue weighted by Crippen LogP contribution is 2.10. The second-order valence-corrected chi connectivity index (χ2v) is 7.85. The minimum atomic E-state index is -0.0201. The molecule has 0 bridgehead atoms. The number of Topliss-reactive ketones (excluding diaryl/α,β-unsaturated/α-hetero) is 2. The van der Waals surface area contributed by atoms with Crippen LogP contribution in [0, 0.1) is 0 Å². The second-order valence-electron chi connectivity index (χ2n) is 7.85. The zero-order valence-corrected chi connectivity index (χ0v) is 18.4. The fourth-order valence-corrected chi connectivity index (χ4v) is 3.08. The van der Waals surface area contributed by atoms with Crippen molar-refractivity contribution in [2.75, 3.05) is 6.54 Å². The molecule has 1 amide bonds. The van der Waals surface area contributed by atoms with Crippen LogP contribution in [0.4, 0.5) is 0 Å². The van der Waals surface area contributed by atoms with Gasteiger partial charge in [0.1, 0.15) is 11.6 Å². The summed E-state index contributed by atoms with van der Waals surface area (Å²) in [5.41, 5.74) is 0. The van der Waals surface area contributed by atoms with E-state index in [9.17, 15) is 14.4 Å². The van der Waals surface area contributed by atoms with Crippen molar-refractivity contribution < 1.29 is 14.4 Å². The number of allylic oxidation sites excluding steroid dienone is 2. The highest BCUT2D eigenvalue weighted by atomic mass is 16.2. The number of ketones is 2. The smallest absolute Gasteiger partial charge is 0.220 e. The van der Waals surface area contributed by atoms with Gasteiger partial charge in [-0.2, -0.15) is 0 Å². The van der Waals surface area contributed by atoms with E-state index in [1.165, 1.54) is 32.6 Å². The average Bonchev–Trinajstić information content (AvgIpc) is 2.67. The van der Waals surface area contributed by atoms with Crippen molar-refractivity contribution in [2.45, 2.75) is 117 Å². The lowest BCUT2D eigenvalue weighted by atomic mass is 10.0. The zero-order chi connectivity index (χ0) is 20.9. The molecule has 0 unspecified atom stereocenters. The van der Waals surface area contributed by atoms with E-state index in [1.54, 1.807) is 0 Å². The van der Waals surface area contributed by atoms with Crippen LogP contribution in [0.15, 0.2) is 12.2 Å². The number of rotatable bonds is 20. The molecule has 28 heavy (non-hydrogen) atoms. The van der Waals surface area contributed by atoms with Crippen molar-refractivity contribution in [3.05, 3.63) is 12.2 Å². The third-order valence-corrected chi connectivity index (χ3v) is 4.86. The van der Waals surface area contributed by atoms with Gasteiger partial charge in [0.25, 0.3) is 0 Å². The van der Waals surface area contributed by atoms with Crippen molar-refractivity contribution >= 4 is 17.5 Å². The molecule has 0 aromatic rings. The largest absolute Gasteiger partial charge is 0.349 e. The molecule has 0 fully saturated rings. The summed E-state index contributed by atoms with van der Waals surface area (Å²) in [6.45, 7) is 3.82. The zero-order valence-electron chi connectivity index (χ0n) is 18.4. The first-order valence-corrected chi connectivity index (χ1v) is 11.5. The van der Waals surface area contributed by atoms with E-state index < -0.39 is 0 Å². The molecule has 0 atom stereocenters. The van der Waals surface area contributed by atoms with Crippen LogP contribution in [0.2, 0.25) is 0 Å². The molecule has 0 saturated carbocycles. The molecule has 0 radical (unpaired) electrons. The van der Waals surface area contributed by atoms with Crippen LogP contribution in [0.25, 0.3) is 0 Å². The lowest BCUT2D eigenvalue weighted by Gasteiger charge is -2.02. The molecule has 0 aliphatic carbocycles. The molecule has 1 N–H and O–H groups in total. The summed E-state index contributed by atoms with van der Waals surface area (Å²) in [5.74, 6) is 0.419. The lowest BCUT2D eigenvalue weighted by Crippen LogP contribution is -2.27. The Labute approximate surface area is 172 Å². The number of carbonyl (C=O) groups is 3. The van der Waals surface area contributed by atoms with Crippen LogP contribution < -0.4 is 5.32 Å².